The number of nitrogens with zero attached hydrogens (tertiary/aromatic N) is 2. The van der Waals surface area contributed by atoms with E-state index in [1.54, 1.807) is 42.0 Å². The molecule has 0 bridgehead atoms. The van der Waals surface area contributed by atoms with Gasteiger partial charge in [-0.3, -0.25) is 14.5 Å². The third kappa shape index (κ3) is 3.85. The molecular weight excluding hydrogens is 316 g/mol. The van der Waals surface area contributed by atoms with Crippen molar-refractivity contribution in [2.24, 2.45) is 0 Å². The predicted octanol–water partition coefficient (Wildman–Crippen LogP) is 1.60. The molecule has 122 valence electrons. The second-order valence-corrected chi connectivity index (χ2v) is 5.11. The first-order valence-electron chi connectivity index (χ1n) is 6.92. The molecule has 1 heterocycles. The number of benzene rings is 1. The molecule has 0 aliphatic rings. The molecule has 0 aliphatic heterocycles. The number of aliphatic hydroxyl groups excluding tert-OH is 1. The highest BCUT2D eigenvalue weighted by molar-refractivity contribution is 7.71. The SMILES string of the molecule is C=CCn1c([C@H](CO)NC(=O)c2ccc(OC)cc2)n[nH]c1=S. The smallest absolute Gasteiger partial charge is 0.251 e. The average Bonchev–Trinajstić information content (AvgIpc) is 2.94. The van der Waals surface area contributed by atoms with E-state index in [0.717, 1.165) is 0 Å². The standard InChI is InChI=1S/C15H18N4O3S/c1-3-8-19-13(17-18-15(19)23)12(9-20)16-14(21)10-4-6-11(22-2)7-5-10/h3-7,12,20H,1,8-9H2,2H3,(H,16,21)(H,18,23)/t12-/m0/s1. The van der Waals surface area contributed by atoms with Gasteiger partial charge in [0.2, 0.25) is 0 Å². The van der Waals surface area contributed by atoms with E-state index in [0.29, 0.717) is 28.5 Å². The number of amides is 1. The van der Waals surface area contributed by atoms with Crippen molar-refractivity contribution in [1.29, 1.82) is 0 Å². The zero-order chi connectivity index (χ0) is 16.8. The van der Waals surface area contributed by atoms with Crippen LogP contribution in [0.2, 0.25) is 0 Å². The molecule has 1 aromatic heterocycles. The average molecular weight is 334 g/mol. The van der Waals surface area contributed by atoms with E-state index < -0.39 is 6.04 Å². The molecule has 0 unspecified atom stereocenters. The van der Waals surface area contributed by atoms with Crippen LogP contribution in [0.15, 0.2) is 36.9 Å². The van der Waals surface area contributed by atoms with Crippen molar-refractivity contribution in [3.05, 3.63) is 53.1 Å². The minimum atomic E-state index is -0.683. The molecule has 0 spiro atoms. The molecule has 1 atom stereocenters. The summed E-state index contributed by atoms with van der Waals surface area (Å²) in [6.07, 6.45) is 1.66. The highest BCUT2D eigenvalue weighted by Gasteiger charge is 2.20. The minimum absolute atomic E-state index is 0.307. The molecule has 7 nitrogen and oxygen atoms in total. The first kappa shape index (κ1) is 16.9. The van der Waals surface area contributed by atoms with E-state index in [2.05, 4.69) is 22.1 Å². The maximum Gasteiger partial charge on any atom is 0.251 e. The molecule has 0 saturated heterocycles. The van der Waals surface area contributed by atoms with Crippen LogP contribution in [0, 0.1) is 4.77 Å². The van der Waals surface area contributed by atoms with Gasteiger partial charge in [-0.1, -0.05) is 6.08 Å². The van der Waals surface area contributed by atoms with Gasteiger partial charge < -0.3 is 15.2 Å². The Hall–Kier alpha value is -2.45. The number of hydrogen-bond acceptors (Lipinski definition) is 5. The van der Waals surface area contributed by atoms with Crippen LogP contribution in [0.3, 0.4) is 0 Å². The zero-order valence-electron chi connectivity index (χ0n) is 12.7. The number of methoxy groups -OCH3 is 1. The number of aliphatic hydroxyl groups is 1. The lowest BCUT2D eigenvalue weighted by atomic mass is 10.2. The molecule has 1 amide bonds. The predicted molar refractivity (Wildman–Crippen MR) is 87.9 cm³/mol. The number of allylic oxidation sites excluding steroid dienone is 1. The lowest BCUT2D eigenvalue weighted by Gasteiger charge is -2.16. The van der Waals surface area contributed by atoms with Gasteiger partial charge in [-0.15, -0.1) is 6.58 Å². The molecule has 3 N–H and O–H groups in total. The van der Waals surface area contributed by atoms with Crippen LogP contribution in [0.25, 0.3) is 0 Å². The number of hydrogen-bond donors (Lipinski definition) is 3. The van der Waals surface area contributed by atoms with Crippen molar-refractivity contribution in [2.45, 2.75) is 12.6 Å². The lowest BCUT2D eigenvalue weighted by Crippen LogP contribution is -2.32. The number of ether oxygens (including phenoxy) is 1. The second-order valence-electron chi connectivity index (χ2n) is 4.72. The summed E-state index contributed by atoms with van der Waals surface area (Å²) in [4.78, 5) is 12.3. The van der Waals surface area contributed by atoms with E-state index in [-0.39, 0.29) is 12.5 Å². The van der Waals surface area contributed by atoms with E-state index in [9.17, 15) is 9.90 Å². The Morgan fingerprint density at radius 1 is 1.57 bits per heavy atom. The van der Waals surface area contributed by atoms with Crippen molar-refractivity contribution in [3.8, 4) is 5.75 Å². The van der Waals surface area contributed by atoms with Crippen LogP contribution in [-0.4, -0.2) is 39.5 Å². The summed E-state index contributed by atoms with van der Waals surface area (Å²) in [5.41, 5.74) is 0.452. The highest BCUT2D eigenvalue weighted by atomic mass is 32.1. The van der Waals surface area contributed by atoms with E-state index in [1.807, 2.05) is 0 Å². The lowest BCUT2D eigenvalue weighted by molar-refractivity contribution is 0.0911. The fourth-order valence-electron chi connectivity index (χ4n) is 2.08. The molecule has 2 aromatic rings. The van der Waals surface area contributed by atoms with Crippen LogP contribution in [0.5, 0.6) is 5.75 Å². The number of nitrogens with one attached hydrogen (secondary N) is 2. The summed E-state index contributed by atoms with van der Waals surface area (Å²) in [6.45, 7) is 3.78. The van der Waals surface area contributed by atoms with E-state index in [4.69, 9.17) is 17.0 Å². The molecular formula is C15H18N4O3S. The van der Waals surface area contributed by atoms with Gasteiger partial charge in [0, 0.05) is 12.1 Å². The fraction of sp³-hybridized carbons (Fsp3) is 0.267. The molecule has 0 fully saturated rings. The summed E-state index contributed by atoms with van der Waals surface area (Å²) in [7, 11) is 1.55. The highest BCUT2D eigenvalue weighted by Crippen LogP contribution is 2.14. The first-order valence-corrected chi connectivity index (χ1v) is 7.33. The van der Waals surface area contributed by atoms with Crippen LogP contribution < -0.4 is 10.1 Å². The Morgan fingerprint density at radius 3 is 2.83 bits per heavy atom. The van der Waals surface area contributed by atoms with Crippen molar-refractivity contribution in [3.63, 3.8) is 0 Å². The number of H-pyrrole nitrogens is 1. The molecule has 8 heteroatoms. The maximum absolute atomic E-state index is 12.3. The maximum atomic E-state index is 12.3. The number of carbonyl (C=O) groups excluding carboxylic acids is 1. The van der Waals surface area contributed by atoms with Crippen LogP contribution in [-0.2, 0) is 6.54 Å². The summed E-state index contributed by atoms with van der Waals surface area (Å²) in [5.74, 6) is 0.775. The number of carbonyl (C=O) groups is 1. The minimum Gasteiger partial charge on any atom is -0.497 e. The van der Waals surface area contributed by atoms with Crippen molar-refractivity contribution in [1.82, 2.24) is 20.1 Å². The van der Waals surface area contributed by atoms with Crippen molar-refractivity contribution in [2.75, 3.05) is 13.7 Å². The fourth-order valence-corrected chi connectivity index (χ4v) is 2.29. The largest absolute Gasteiger partial charge is 0.497 e. The Labute approximate surface area is 138 Å². The van der Waals surface area contributed by atoms with Gasteiger partial charge in [0.1, 0.15) is 11.8 Å². The van der Waals surface area contributed by atoms with Gasteiger partial charge in [-0.2, -0.15) is 5.10 Å². The number of aromatic amines is 1. The molecule has 0 aliphatic carbocycles. The topological polar surface area (TPSA) is 92.2 Å². The van der Waals surface area contributed by atoms with Gasteiger partial charge >= 0.3 is 0 Å². The molecule has 0 saturated carbocycles. The van der Waals surface area contributed by atoms with Crippen LogP contribution >= 0.6 is 12.2 Å². The normalized spacial score (nSPS) is 11.7. The molecule has 1 aromatic carbocycles. The Kier molecular flexibility index (Phi) is 5.67. The first-order chi connectivity index (χ1) is 11.1. The molecule has 2 rings (SSSR count). The monoisotopic (exact) mass is 334 g/mol. The third-order valence-corrected chi connectivity index (χ3v) is 3.56. The number of aromatic nitrogens is 3. The Balaban J connectivity index is 2.20. The second kappa shape index (κ2) is 7.70. The summed E-state index contributed by atoms with van der Waals surface area (Å²) in [5, 5.41) is 19.1. The van der Waals surface area contributed by atoms with Crippen LogP contribution in [0.1, 0.15) is 22.2 Å². The van der Waals surface area contributed by atoms with Gasteiger partial charge in [0.05, 0.1) is 13.7 Å². The van der Waals surface area contributed by atoms with Gasteiger partial charge in [0.15, 0.2) is 10.6 Å². The van der Waals surface area contributed by atoms with Crippen LogP contribution in [0.4, 0.5) is 0 Å². The van der Waals surface area contributed by atoms with Gasteiger partial charge in [-0.25, -0.2) is 0 Å². The summed E-state index contributed by atoms with van der Waals surface area (Å²) < 4.78 is 7.12. The van der Waals surface area contributed by atoms with E-state index >= 15 is 0 Å². The van der Waals surface area contributed by atoms with Crippen molar-refractivity contribution >= 4 is 18.1 Å². The number of rotatable bonds is 7. The quantitative estimate of drug-likeness (QED) is 0.528. The van der Waals surface area contributed by atoms with Gasteiger partial charge in [0.25, 0.3) is 5.91 Å². The van der Waals surface area contributed by atoms with Gasteiger partial charge in [-0.05, 0) is 36.5 Å². The van der Waals surface area contributed by atoms with Crippen molar-refractivity contribution < 1.29 is 14.6 Å². The Bertz CT molecular complexity index is 736. The molecule has 23 heavy (non-hydrogen) atoms. The summed E-state index contributed by atoms with van der Waals surface area (Å²) >= 11 is 5.13. The third-order valence-electron chi connectivity index (χ3n) is 3.25. The summed E-state index contributed by atoms with van der Waals surface area (Å²) in [6, 6.07) is 5.98. The Morgan fingerprint density at radius 2 is 2.26 bits per heavy atom. The zero-order valence-corrected chi connectivity index (χ0v) is 13.5. The molecule has 0 radical (unpaired) electrons. The van der Waals surface area contributed by atoms with E-state index in [1.165, 1.54) is 0 Å².